The zero-order valence-corrected chi connectivity index (χ0v) is 11.5. The largest absolute Gasteiger partial charge is 0.481 e. The average molecular weight is 273 g/mol. The summed E-state index contributed by atoms with van der Waals surface area (Å²) >= 11 is 0. The molecule has 0 radical (unpaired) electrons. The van der Waals surface area contributed by atoms with Crippen LogP contribution in [-0.4, -0.2) is 33.1 Å². The molecule has 0 saturated carbocycles. The number of aromatic nitrogens is 2. The van der Waals surface area contributed by atoms with Crippen molar-refractivity contribution in [1.29, 1.82) is 0 Å². The minimum Gasteiger partial charge on any atom is -0.481 e. The van der Waals surface area contributed by atoms with Gasteiger partial charge in [-0.3, -0.25) is 4.79 Å². The van der Waals surface area contributed by atoms with Crippen LogP contribution >= 0.6 is 0 Å². The monoisotopic (exact) mass is 273 g/mol. The number of hydrogen-bond acceptors (Lipinski definition) is 4. The third-order valence-electron chi connectivity index (χ3n) is 5.20. The lowest BCUT2D eigenvalue weighted by atomic mass is 9.89. The van der Waals surface area contributed by atoms with E-state index in [0.29, 0.717) is 6.04 Å². The van der Waals surface area contributed by atoms with Crippen LogP contribution in [0.2, 0.25) is 0 Å². The Morgan fingerprint density at radius 1 is 1.25 bits per heavy atom. The van der Waals surface area contributed by atoms with Gasteiger partial charge in [0, 0.05) is 23.3 Å². The van der Waals surface area contributed by atoms with E-state index in [1.165, 1.54) is 24.1 Å². The van der Waals surface area contributed by atoms with E-state index in [4.69, 9.17) is 0 Å². The van der Waals surface area contributed by atoms with E-state index in [1.807, 2.05) is 0 Å². The van der Waals surface area contributed by atoms with Gasteiger partial charge in [0.2, 0.25) is 0 Å². The van der Waals surface area contributed by atoms with Gasteiger partial charge in [-0.05, 0) is 44.9 Å². The molecular formula is C15H19N3O2. The number of carboxylic acids is 1. The predicted octanol–water partition coefficient (Wildman–Crippen LogP) is 1.80. The minimum atomic E-state index is -0.648. The Hall–Kier alpha value is -1.65. The first-order valence-electron chi connectivity index (χ1n) is 7.59. The van der Waals surface area contributed by atoms with Crippen LogP contribution in [0.4, 0.5) is 5.82 Å². The van der Waals surface area contributed by atoms with Gasteiger partial charge in [-0.2, -0.15) is 0 Å². The van der Waals surface area contributed by atoms with Crippen molar-refractivity contribution in [2.24, 2.45) is 5.92 Å². The molecule has 5 heteroatoms. The summed E-state index contributed by atoms with van der Waals surface area (Å²) in [5.74, 6) is 0.166. The highest BCUT2D eigenvalue weighted by Gasteiger charge is 2.50. The molecule has 0 spiro atoms. The Morgan fingerprint density at radius 3 is 2.90 bits per heavy atom. The zero-order valence-electron chi connectivity index (χ0n) is 11.5. The topological polar surface area (TPSA) is 66.3 Å². The van der Waals surface area contributed by atoms with E-state index in [-0.39, 0.29) is 12.0 Å². The number of hydrogen-bond donors (Lipinski definition) is 1. The number of rotatable bonds is 2. The molecule has 1 N–H and O–H groups in total. The SMILES string of the molecule is O=C(O)C1CC2CCC1N2c1ncnc2c1CCCC2. The molecule has 1 aliphatic carbocycles. The molecule has 3 atom stereocenters. The van der Waals surface area contributed by atoms with Crippen LogP contribution in [0.5, 0.6) is 0 Å². The Morgan fingerprint density at radius 2 is 2.10 bits per heavy atom. The van der Waals surface area contributed by atoms with Gasteiger partial charge in [0.25, 0.3) is 0 Å². The maximum Gasteiger partial charge on any atom is 0.308 e. The zero-order chi connectivity index (χ0) is 13.7. The van der Waals surface area contributed by atoms with Gasteiger partial charge < -0.3 is 10.0 Å². The van der Waals surface area contributed by atoms with Crippen LogP contribution in [0.15, 0.2) is 6.33 Å². The fourth-order valence-corrected chi connectivity index (χ4v) is 4.31. The number of aryl methyl sites for hydroxylation is 1. The molecule has 3 heterocycles. The molecule has 1 aromatic rings. The lowest BCUT2D eigenvalue weighted by molar-refractivity contribution is -0.142. The molecule has 0 amide bonds. The Labute approximate surface area is 118 Å². The summed E-state index contributed by atoms with van der Waals surface area (Å²) in [6, 6.07) is 0.500. The van der Waals surface area contributed by atoms with Crippen molar-refractivity contribution in [2.45, 2.75) is 57.0 Å². The van der Waals surface area contributed by atoms with Gasteiger partial charge in [-0.15, -0.1) is 0 Å². The summed E-state index contributed by atoms with van der Waals surface area (Å²) < 4.78 is 0. The highest BCUT2D eigenvalue weighted by atomic mass is 16.4. The Kier molecular flexibility index (Phi) is 2.69. The van der Waals surface area contributed by atoms with Gasteiger partial charge in [0.05, 0.1) is 5.92 Å². The molecule has 2 saturated heterocycles. The Balaban J connectivity index is 1.74. The summed E-state index contributed by atoms with van der Waals surface area (Å²) in [7, 11) is 0. The van der Waals surface area contributed by atoms with Crippen molar-refractivity contribution in [1.82, 2.24) is 9.97 Å². The second kappa shape index (κ2) is 4.43. The molecule has 4 rings (SSSR count). The Bertz CT molecular complexity index is 560. The van der Waals surface area contributed by atoms with E-state index in [1.54, 1.807) is 6.33 Å². The van der Waals surface area contributed by atoms with Crippen molar-refractivity contribution in [3.05, 3.63) is 17.6 Å². The second-order valence-corrected chi connectivity index (χ2v) is 6.22. The fourth-order valence-electron chi connectivity index (χ4n) is 4.31. The lowest BCUT2D eigenvalue weighted by Gasteiger charge is -2.28. The number of carboxylic acid groups (broad SMARTS) is 1. The fraction of sp³-hybridized carbons (Fsp3) is 0.667. The molecule has 5 nitrogen and oxygen atoms in total. The predicted molar refractivity (Wildman–Crippen MR) is 73.7 cm³/mol. The molecule has 2 aliphatic heterocycles. The highest BCUT2D eigenvalue weighted by Crippen LogP contribution is 2.45. The normalized spacial score (nSPS) is 31.4. The van der Waals surface area contributed by atoms with Crippen molar-refractivity contribution in [3.8, 4) is 0 Å². The summed E-state index contributed by atoms with van der Waals surface area (Å²) in [6.07, 6.45) is 9.00. The van der Waals surface area contributed by atoms with Gasteiger partial charge in [0.1, 0.15) is 12.1 Å². The number of anilines is 1. The third kappa shape index (κ3) is 1.65. The average Bonchev–Trinajstić information content (AvgIpc) is 3.04. The molecule has 3 aliphatic rings. The maximum absolute atomic E-state index is 11.4. The smallest absolute Gasteiger partial charge is 0.308 e. The summed E-state index contributed by atoms with van der Waals surface area (Å²) in [5, 5.41) is 9.38. The third-order valence-corrected chi connectivity index (χ3v) is 5.20. The van der Waals surface area contributed by atoms with E-state index in [0.717, 1.165) is 37.9 Å². The first-order valence-corrected chi connectivity index (χ1v) is 7.59. The van der Waals surface area contributed by atoms with E-state index in [9.17, 15) is 9.90 Å². The summed E-state index contributed by atoms with van der Waals surface area (Å²) in [6.45, 7) is 0. The number of nitrogens with zero attached hydrogens (tertiary/aromatic N) is 3. The quantitative estimate of drug-likeness (QED) is 0.890. The van der Waals surface area contributed by atoms with Crippen molar-refractivity contribution in [2.75, 3.05) is 4.90 Å². The first kappa shape index (κ1) is 12.1. The maximum atomic E-state index is 11.4. The molecule has 0 aromatic carbocycles. The van der Waals surface area contributed by atoms with E-state index in [2.05, 4.69) is 14.9 Å². The van der Waals surface area contributed by atoms with Gasteiger partial charge in [-0.25, -0.2) is 9.97 Å². The number of aliphatic carboxylic acids is 1. The molecule has 3 unspecified atom stereocenters. The highest BCUT2D eigenvalue weighted by molar-refractivity contribution is 5.74. The van der Waals surface area contributed by atoms with Gasteiger partial charge in [0.15, 0.2) is 0 Å². The van der Waals surface area contributed by atoms with Crippen LogP contribution in [0.1, 0.15) is 43.4 Å². The number of fused-ring (bicyclic) bond motifs is 3. The van der Waals surface area contributed by atoms with Crippen LogP contribution in [0.25, 0.3) is 0 Å². The molecule has 2 fully saturated rings. The second-order valence-electron chi connectivity index (χ2n) is 6.22. The standard InChI is InChI=1S/C15H19N3O2/c19-15(20)11-7-9-5-6-13(11)18(9)14-10-3-1-2-4-12(10)16-8-17-14/h8-9,11,13H,1-7H2,(H,19,20). The minimum absolute atomic E-state index is 0.137. The van der Waals surface area contributed by atoms with Crippen LogP contribution < -0.4 is 4.90 Å². The van der Waals surface area contributed by atoms with Crippen LogP contribution in [-0.2, 0) is 17.6 Å². The summed E-state index contributed by atoms with van der Waals surface area (Å²) in [5.41, 5.74) is 2.46. The molecule has 20 heavy (non-hydrogen) atoms. The first-order chi connectivity index (χ1) is 9.75. The van der Waals surface area contributed by atoms with Crippen molar-refractivity contribution >= 4 is 11.8 Å². The molecule has 106 valence electrons. The lowest BCUT2D eigenvalue weighted by Crippen LogP contribution is -2.34. The van der Waals surface area contributed by atoms with Crippen LogP contribution in [0, 0.1) is 5.92 Å². The van der Waals surface area contributed by atoms with Crippen molar-refractivity contribution < 1.29 is 9.90 Å². The van der Waals surface area contributed by atoms with E-state index >= 15 is 0 Å². The molecule has 1 aromatic heterocycles. The van der Waals surface area contributed by atoms with Gasteiger partial charge in [-0.1, -0.05) is 0 Å². The molecular weight excluding hydrogens is 254 g/mol. The van der Waals surface area contributed by atoms with Crippen molar-refractivity contribution in [3.63, 3.8) is 0 Å². The number of carbonyl (C=O) groups is 1. The summed E-state index contributed by atoms with van der Waals surface area (Å²) in [4.78, 5) is 22.7. The van der Waals surface area contributed by atoms with Crippen LogP contribution in [0.3, 0.4) is 0 Å². The molecule has 2 bridgehead atoms. The van der Waals surface area contributed by atoms with Gasteiger partial charge >= 0.3 is 5.97 Å². The van der Waals surface area contributed by atoms with E-state index < -0.39 is 5.97 Å².